The Morgan fingerprint density at radius 1 is 1.23 bits per heavy atom. The van der Waals surface area contributed by atoms with Crippen LogP contribution in [0.1, 0.15) is 24.5 Å². The predicted octanol–water partition coefficient (Wildman–Crippen LogP) is 3.55. The van der Waals surface area contributed by atoms with E-state index in [2.05, 4.69) is 32.1 Å². The Balaban J connectivity index is 1.54. The molecule has 1 aliphatic rings. The summed E-state index contributed by atoms with van der Waals surface area (Å²) >= 11 is 3.62. The average Bonchev–Trinajstić information content (AvgIpc) is 3.20. The third-order valence-electron chi connectivity index (χ3n) is 5.88. The molecule has 1 aromatic carbocycles. The van der Waals surface area contributed by atoms with Gasteiger partial charge in [-0.3, -0.25) is 14.7 Å². The highest BCUT2D eigenvalue weighted by molar-refractivity contribution is 9.10. The monoisotopic (exact) mass is 480 g/mol. The van der Waals surface area contributed by atoms with Crippen LogP contribution in [0.4, 0.5) is 5.82 Å². The zero-order chi connectivity index (χ0) is 21.5. The van der Waals surface area contributed by atoms with E-state index in [-0.39, 0.29) is 12.5 Å². The second-order valence-corrected chi connectivity index (χ2v) is 8.64. The van der Waals surface area contributed by atoms with Gasteiger partial charge in [0, 0.05) is 28.6 Å². The highest BCUT2D eigenvalue weighted by atomic mass is 79.9. The van der Waals surface area contributed by atoms with Gasteiger partial charge in [0.15, 0.2) is 5.65 Å². The Morgan fingerprint density at radius 3 is 2.77 bits per heavy atom. The number of hydrogen-bond acceptors (Lipinski definition) is 6. The van der Waals surface area contributed by atoms with Crippen LogP contribution in [0.5, 0.6) is 0 Å². The first-order chi connectivity index (χ1) is 15.0. The fraction of sp³-hybridized carbons (Fsp3) is 0.273. The van der Waals surface area contributed by atoms with E-state index >= 15 is 0 Å². The number of nitrogens with two attached hydrogens (primary N) is 1. The first-order valence-electron chi connectivity index (χ1n) is 10.1. The van der Waals surface area contributed by atoms with Gasteiger partial charge in [0.05, 0.1) is 28.4 Å². The Labute approximate surface area is 186 Å². The van der Waals surface area contributed by atoms with Gasteiger partial charge >= 0.3 is 5.97 Å². The van der Waals surface area contributed by atoms with Gasteiger partial charge in [-0.05, 0) is 54.0 Å². The lowest BCUT2D eigenvalue weighted by molar-refractivity contribution is -0.138. The lowest BCUT2D eigenvalue weighted by atomic mass is 9.93. The zero-order valence-electron chi connectivity index (χ0n) is 16.7. The number of rotatable bonds is 4. The lowest BCUT2D eigenvalue weighted by Gasteiger charge is -2.31. The summed E-state index contributed by atoms with van der Waals surface area (Å²) in [7, 11) is 0. The molecule has 8 nitrogen and oxygen atoms in total. The quantitative estimate of drug-likeness (QED) is 0.459. The molecule has 31 heavy (non-hydrogen) atoms. The first kappa shape index (κ1) is 19.9. The van der Waals surface area contributed by atoms with Crippen molar-refractivity contribution in [3.8, 4) is 11.1 Å². The summed E-state index contributed by atoms with van der Waals surface area (Å²) in [6, 6.07) is 10.1. The smallest absolute Gasteiger partial charge is 0.317 e. The van der Waals surface area contributed by atoms with Crippen molar-refractivity contribution in [3.63, 3.8) is 0 Å². The Bertz CT molecular complexity index is 1300. The number of nitrogen functional groups attached to an aromatic ring is 1. The maximum absolute atomic E-state index is 11.0. The van der Waals surface area contributed by atoms with Crippen molar-refractivity contribution >= 4 is 44.3 Å². The fourth-order valence-electron chi connectivity index (χ4n) is 4.26. The van der Waals surface area contributed by atoms with E-state index in [0.29, 0.717) is 11.5 Å². The molecule has 0 bridgehead atoms. The lowest BCUT2D eigenvalue weighted by Crippen LogP contribution is -2.37. The number of piperidine rings is 1. The van der Waals surface area contributed by atoms with Gasteiger partial charge in [0.2, 0.25) is 0 Å². The van der Waals surface area contributed by atoms with Gasteiger partial charge in [0.25, 0.3) is 0 Å². The number of carbonyl (C=O) groups is 1. The summed E-state index contributed by atoms with van der Waals surface area (Å²) in [6.07, 6.45) is 5.27. The first-order valence-corrected chi connectivity index (χ1v) is 10.9. The number of hydrogen-bond donors (Lipinski definition) is 2. The highest BCUT2D eigenvalue weighted by Gasteiger charge is 2.27. The summed E-state index contributed by atoms with van der Waals surface area (Å²) in [6.45, 7) is 1.51. The molecule has 3 N–H and O–H groups in total. The number of aromatic nitrogens is 4. The van der Waals surface area contributed by atoms with Crippen LogP contribution in [0.2, 0.25) is 0 Å². The molecule has 0 aliphatic carbocycles. The van der Waals surface area contributed by atoms with Gasteiger partial charge in [-0.15, -0.1) is 0 Å². The van der Waals surface area contributed by atoms with Crippen molar-refractivity contribution in [3.05, 3.63) is 52.9 Å². The third kappa shape index (κ3) is 3.64. The van der Waals surface area contributed by atoms with E-state index in [9.17, 15) is 4.79 Å². The number of para-hydroxylation sites is 1. The minimum Gasteiger partial charge on any atom is -0.480 e. The van der Waals surface area contributed by atoms with Crippen LogP contribution in [0, 0.1) is 0 Å². The van der Waals surface area contributed by atoms with Crippen LogP contribution in [0.3, 0.4) is 0 Å². The molecule has 4 aromatic rings. The fourth-order valence-corrected chi connectivity index (χ4v) is 4.84. The van der Waals surface area contributed by atoms with Crippen LogP contribution in [0.15, 0.2) is 47.2 Å². The topological polar surface area (TPSA) is 110 Å². The maximum Gasteiger partial charge on any atom is 0.317 e. The van der Waals surface area contributed by atoms with Gasteiger partial charge in [-0.1, -0.05) is 18.2 Å². The molecule has 0 amide bonds. The van der Waals surface area contributed by atoms with Crippen LogP contribution in [-0.2, 0) is 4.79 Å². The van der Waals surface area contributed by atoms with Crippen molar-refractivity contribution in [2.24, 2.45) is 0 Å². The molecule has 0 atom stereocenters. The Morgan fingerprint density at radius 2 is 2.00 bits per heavy atom. The van der Waals surface area contributed by atoms with Crippen molar-refractivity contribution in [1.29, 1.82) is 0 Å². The van der Waals surface area contributed by atoms with E-state index in [4.69, 9.17) is 15.8 Å². The molecular weight excluding hydrogens is 460 g/mol. The van der Waals surface area contributed by atoms with Gasteiger partial charge in [0.1, 0.15) is 5.82 Å². The second-order valence-electron chi connectivity index (χ2n) is 7.85. The van der Waals surface area contributed by atoms with Gasteiger partial charge in [-0.2, -0.15) is 9.61 Å². The summed E-state index contributed by atoms with van der Waals surface area (Å²) in [5, 5.41) is 14.6. The molecule has 4 heterocycles. The summed E-state index contributed by atoms with van der Waals surface area (Å²) in [5.74, 6) is -0.0894. The Hall–Kier alpha value is -3.04. The van der Waals surface area contributed by atoms with Gasteiger partial charge in [-0.25, -0.2) is 4.98 Å². The number of carboxylic acid groups (broad SMARTS) is 1. The summed E-state index contributed by atoms with van der Waals surface area (Å²) in [4.78, 5) is 22.5. The molecule has 0 unspecified atom stereocenters. The number of anilines is 1. The number of nitrogens with zero attached hydrogens (tertiary/aromatic N) is 5. The third-order valence-corrected chi connectivity index (χ3v) is 6.70. The van der Waals surface area contributed by atoms with E-state index in [1.54, 1.807) is 10.7 Å². The van der Waals surface area contributed by atoms with E-state index in [0.717, 1.165) is 58.1 Å². The largest absolute Gasteiger partial charge is 0.480 e. The van der Waals surface area contributed by atoms with Crippen LogP contribution < -0.4 is 5.73 Å². The molecule has 158 valence electrons. The minimum absolute atomic E-state index is 0.0736. The minimum atomic E-state index is -0.795. The SMILES string of the molecule is Nc1c(Br)c(C2CCN(CC(=O)O)CC2)nc2c(-c3cnc4ccccc4c3)cnn12. The number of aliphatic carboxylic acids is 1. The van der Waals surface area contributed by atoms with E-state index < -0.39 is 5.97 Å². The van der Waals surface area contributed by atoms with Crippen molar-refractivity contribution in [2.45, 2.75) is 18.8 Å². The summed E-state index contributed by atoms with van der Waals surface area (Å²) < 4.78 is 2.40. The number of fused-ring (bicyclic) bond motifs is 2. The Kier molecular flexibility index (Phi) is 5.07. The van der Waals surface area contributed by atoms with E-state index in [1.807, 2.05) is 35.4 Å². The standard InChI is InChI=1S/C22H21BrN6O2/c23-19-20(13-5-7-28(8-6-13)12-18(30)31)27-22-16(11-26-29(22)21(19)24)15-9-14-3-1-2-4-17(14)25-10-15/h1-4,9-11,13H,5-8,12,24H2,(H,30,31). The number of carboxylic acids is 1. The van der Waals surface area contributed by atoms with Crippen LogP contribution in [-0.4, -0.2) is 55.2 Å². The molecule has 0 saturated carbocycles. The van der Waals surface area contributed by atoms with E-state index in [1.165, 1.54) is 0 Å². The molecule has 9 heteroatoms. The molecule has 5 rings (SSSR count). The van der Waals surface area contributed by atoms with Crippen LogP contribution >= 0.6 is 15.9 Å². The maximum atomic E-state index is 11.0. The van der Waals surface area contributed by atoms with Crippen LogP contribution in [0.25, 0.3) is 27.7 Å². The molecule has 3 aromatic heterocycles. The molecule has 0 spiro atoms. The predicted molar refractivity (Wildman–Crippen MR) is 122 cm³/mol. The summed E-state index contributed by atoms with van der Waals surface area (Å²) in [5.41, 5.74) is 10.8. The molecule has 1 aliphatic heterocycles. The normalized spacial score (nSPS) is 15.6. The van der Waals surface area contributed by atoms with Crippen molar-refractivity contribution in [1.82, 2.24) is 24.5 Å². The molecular formula is C22H21BrN6O2. The number of likely N-dealkylation sites (tertiary alicyclic amines) is 1. The number of halogens is 1. The number of benzene rings is 1. The molecule has 0 radical (unpaired) electrons. The van der Waals surface area contributed by atoms with Gasteiger partial charge < -0.3 is 10.8 Å². The average molecular weight is 481 g/mol. The molecule has 1 fully saturated rings. The second kappa shape index (κ2) is 7.90. The number of pyridine rings is 1. The zero-order valence-corrected chi connectivity index (χ0v) is 18.3. The highest BCUT2D eigenvalue weighted by Crippen LogP contribution is 2.37. The van der Waals surface area contributed by atoms with Crippen molar-refractivity contribution < 1.29 is 9.90 Å². The molecule has 1 saturated heterocycles. The van der Waals surface area contributed by atoms with Crippen molar-refractivity contribution in [2.75, 3.05) is 25.4 Å².